The Morgan fingerprint density at radius 2 is 2.29 bits per heavy atom. The molecule has 1 aliphatic carbocycles. The fourth-order valence-electron chi connectivity index (χ4n) is 2.94. The fraction of sp³-hybridized carbons (Fsp3) is 0.533. The molecule has 0 spiro atoms. The van der Waals surface area contributed by atoms with Gasteiger partial charge in [-0.2, -0.15) is 0 Å². The Kier molecular flexibility index (Phi) is 3.20. The molecule has 1 heterocycles. The standard InChI is InChI=1S/C15H21N3O3/c1-4-20-13-7-12(15(13,2)3)17-9-6-10-11(5-8(9)16)21-14(19)18-10/h5-6,12-13,17H,4,7,16H2,1-3H3,(H,18,19). The lowest BCUT2D eigenvalue weighted by Gasteiger charge is -2.52. The van der Waals surface area contributed by atoms with E-state index in [2.05, 4.69) is 24.1 Å². The number of aromatic nitrogens is 1. The first kappa shape index (κ1) is 14.0. The summed E-state index contributed by atoms with van der Waals surface area (Å²) in [6, 6.07) is 3.77. The average Bonchev–Trinajstić information content (AvgIpc) is 2.76. The smallest absolute Gasteiger partial charge is 0.408 e. The Balaban J connectivity index is 1.82. The zero-order valence-corrected chi connectivity index (χ0v) is 12.5. The first-order valence-electron chi connectivity index (χ1n) is 7.22. The van der Waals surface area contributed by atoms with Crippen LogP contribution in [0.1, 0.15) is 27.2 Å². The predicted molar refractivity (Wildman–Crippen MR) is 82.5 cm³/mol. The molecule has 2 atom stereocenters. The molecule has 1 aliphatic rings. The highest BCUT2D eigenvalue weighted by molar-refractivity contribution is 5.85. The summed E-state index contributed by atoms with van der Waals surface area (Å²) in [5, 5.41) is 3.46. The maximum absolute atomic E-state index is 11.2. The molecule has 3 rings (SSSR count). The Hall–Kier alpha value is -1.95. The molecule has 0 radical (unpaired) electrons. The van der Waals surface area contributed by atoms with E-state index >= 15 is 0 Å². The van der Waals surface area contributed by atoms with Crippen molar-refractivity contribution in [3.8, 4) is 0 Å². The van der Waals surface area contributed by atoms with Crippen LogP contribution >= 0.6 is 0 Å². The van der Waals surface area contributed by atoms with Crippen molar-refractivity contribution in [1.29, 1.82) is 0 Å². The van der Waals surface area contributed by atoms with Crippen molar-refractivity contribution >= 4 is 22.5 Å². The zero-order chi connectivity index (χ0) is 15.2. The molecule has 6 heteroatoms. The number of oxazole rings is 1. The first-order chi connectivity index (χ1) is 9.91. The summed E-state index contributed by atoms with van der Waals surface area (Å²) in [7, 11) is 0. The van der Waals surface area contributed by atoms with Crippen molar-refractivity contribution < 1.29 is 9.15 Å². The number of hydrogen-bond acceptors (Lipinski definition) is 5. The molecule has 4 N–H and O–H groups in total. The van der Waals surface area contributed by atoms with Crippen LogP contribution in [0, 0.1) is 5.41 Å². The monoisotopic (exact) mass is 291 g/mol. The minimum atomic E-state index is -0.470. The maximum Gasteiger partial charge on any atom is 0.417 e. The van der Waals surface area contributed by atoms with Gasteiger partial charge in [-0.15, -0.1) is 0 Å². The summed E-state index contributed by atoms with van der Waals surface area (Å²) >= 11 is 0. The van der Waals surface area contributed by atoms with Crippen molar-refractivity contribution in [2.45, 2.75) is 39.3 Å². The van der Waals surface area contributed by atoms with E-state index in [1.54, 1.807) is 6.07 Å². The van der Waals surface area contributed by atoms with E-state index in [0.29, 0.717) is 16.8 Å². The SMILES string of the molecule is CCOC1CC(Nc2cc3[nH]c(=O)oc3cc2N)C1(C)C. The van der Waals surface area contributed by atoms with Crippen LogP contribution in [0.3, 0.4) is 0 Å². The topological polar surface area (TPSA) is 93.3 Å². The minimum absolute atomic E-state index is 0.0429. The molecular formula is C15H21N3O3. The Morgan fingerprint density at radius 3 is 2.95 bits per heavy atom. The van der Waals surface area contributed by atoms with Crippen LogP contribution in [0.5, 0.6) is 0 Å². The third kappa shape index (κ3) is 2.29. The van der Waals surface area contributed by atoms with Crippen LogP contribution in [0.25, 0.3) is 11.1 Å². The molecule has 21 heavy (non-hydrogen) atoms. The Bertz CT molecular complexity index is 717. The molecule has 1 aromatic heterocycles. The molecule has 0 aliphatic heterocycles. The third-order valence-electron chi connectivity index (χ3n) is 4.47. The highest BCUT2D eigenvalue weighted by Crippen LogP contribution is 2.45. The van der Waals surface area contributed by atoms with E-state index in [1.165, 1.54) is 0 Å². The lowest BCUT2D eigenvalue weighted by molar-refractivity contribution is -0.0975. The summed E-state index contributed by atoms with van der Waals surface area (Å²) in [4.78, 5) is 13.9. The molecule has 6 nitrogen and oxygen atoms in total. The van der Waals surface area contributed by atoms with E-state index in [0.717, 1.165) is 18.7 Å². The number of hydrogen-bond donors (Lipinski definition) is 3. The van der Waals surface area contributed by atoms with Gasteiger partial charge in [0.25, 0.3) is 0 Å². The van der Waals surface area contributed by atoms with E-state index in [-0.39, 0.29) is 17.6 Å². The van der Waals surface area contributed by atoms with Crippen LogP contribution in [-0.4, -0.2) is 23.7 Å². The first-order valence-corrected chi connectivity index (χ1v) is 7.22. The van der Waals surface area contributed by atoms with Crippen LogP contribution in [0.2, 0.25) is 0 Å². The minimum Gasteiger partial charge on any atom is -0.408 e. The van der Waals surface area contributed by atoms with E-state index in [4.69, 9.17) is 14.9 Å². The van der Waals surface area contributed by atoms with Crippen molar-refractivity contribution in [3.05, 3.63) is 22.7 Å². The molecule has 1 aromatic carbocycles. The molecule has 0 saturated heterocycles. The van der Waals surface area contributed by atoms with Gasteiger partial charge < -0.3 is 20.2 Å². The van der Waals surface area contributed by atoms with Crippen LogP contribution < -0.4 is 16.8 Å². The van der Waals surface area contributed by atoms with Gasteiger partial charge in [-0.3, -0.25) is 4.98 Å². The maximum atomic E-state index is 11.2. The fourth-order valence-corrected chi connectivity index (χ4v) is 2.94. The number of nitrogens with one attached hydrogen (secondary N) is 2. The molecule has 1 saturated carbocycles. The van der Waals surface area contributed by atoms with Crippen LogP contribution in [-0.2, 0) is 4.74 Å². The van der Waals surface area contributed by atoms with Gasteiger partial charge in [-0.05, 0) is 19.4 Å². The van der Waals surface area contributed by atoms with E-state index in [1.807, 2.05) is 13.0 Å². The number of anilines is 2. The van der Waals surface area contributed by atoms with Crippen LogP contribution in [0.15, 0.2) is 21.3 Å². The number of H-pyrrole nitrogens is 1. The largest absolute Gasteiger partial charge is 0.417 e. The second kappa shape index (κ2) is 4.80. The van der Waals surface area contributed by atoms with Gasteiger partial charge in [-0.1, -0.05) is 13.8 Å². The predicted octanol–water partition coefficient (Wildman–Crippen LogP) is 2.32. The normalized spacial score (nSPS) is 24.0. The number of nitrogen functional groups attached to an aromatic ring is 1. The van der Waals surface area contributed by atoms with Gasteiger partial charge in [0, 0.05) is 24.1 Å². The molecular weight excluding hydrogens is 270 g/mol. The number of ether oxygens (including phenoxy) is 1. The lowest BCUT2D eigenvalue weighted by Crippen LogP contribution is -2.58. The quantitative estimate of drug-likeness (QED) is 0.752. The summed E-state index contributed by atoms with van der Waals surface area (Å²) < 4.78 is 10.7. The molecule has 0 bridgehead atoms. The number of aromatic amines is 1. The summed E-state index contributed by atoms with van der Waals surface area (Å²) in [6.45, 7) is 7.11. The number of benzene rings is 1. The Morgan fingerprint density at radius 1 is 1.52 bits per heavy atom. The average molecular weight is 291 g/mol. The molecule has 2 aromatic rings. The molecule has 2 unspecified atom stereocenters. The van der Waals surface area contributed by atoms with Gasteiger partial charge in [0.1, 0.15) is 0 Å². The Labute approximate surface area is 122 Å². The van der Waals surface area contributed by atoms with Crippen molar-refractivity contribution in [2.75, 3.05) is 17.7 Å². The molecule has 114 valence electrons. The highest BCUT2D eigenvalue weighted by atomic mass is 16.5. The van der Waals surface area contributed by atoms with Gasteiger partial charge in [0.05, 0.1) is 23.0 Å². The van der Waals surface area contributed by atoms with Crippen LogP contribution in [0.4, 0.5) is 11.4 Å². The van der Waals surface area contributed by atoms with Gasteiger partial charge in [0.2, 0.25) is 0 Å². The number of nitrogens with two attached hydrogens (primary N) is 1. The second-order valence-corrected chi connectivity index (χ2v) is 6.15. The zero-order valence-electron chi connectivity index (χ0n) is 12.5. The van der Waals surface area contributed by atoms with Crippen molar-refractivity contribution in [2.24, 2.45) is 5.41 Å². The molecule has 1 fully saturated rings. The molecule has 0 amide bonds. The second-order valence-electron chi connectivity index (χ2n) is 6.15. The lowest BCUT2D eigenvalue weighted by atomic mass is 9.64. The van der Waals surface area contributed by atoms with E-state index in [9.17, 15) is 4.79 Å². The van der Waals surface area contributed by atoms with Crippen molar-refractivity contribution in [1.82, 2.24) is 4.98 Å². The van der Waals surface area contributed by atoms with Crippen molar-refractivity contribution in [3.63, 3.8) is 0 Å². The highest BCUT2D eigenvalue weighted by Gasteiger charge is 2.49. The summed E-state index contributed by atoms with van der Waals surface area (Å²) in [5.74, 6) is -0.470. The number of rotatable bonds is 4. The summed E-state index contributed by atoms with van der Waals surface area (Å²) in [5.41, 5.74) is 8.58. The summed E-state index contributed by atoms with van der Waals surface area (Å²) in [6.07, 6.45) is 1.21. The third-order valence-corrected chi connectivity index (χ3v) is 4.47. The van der Waals surface area contributed by atoms with E-state index < -0.39 is 5.76 Å². The van der Waals surface area contributed by atoms with Gasteiger partial charge >= 0.3 is 5.76 Å². The van der Waals surface area contributed by atoms with Gasteiger partial charge in [-0.25, -0.2) is 4.79 Å². The number of fused-ring (bicyclic) bond motifs is 1. The van der Waals surface area contributed by atoms with Gasteiger partial charge in [0.15, 0.2) is 5.58 Å².